The Hall–Kier alpha value is -1.54. The van der Waals surface area contributed by atoms with E-state index in [0.29, 0.717) is 0 Å². The van der Waals surface area contributed by atoms with E-state index in [9.17, 15) is 0 Å². The minimum absolute atomic E-state index is 0.232. The van der Waals surface area contributed by atoms with Crippen molar-refractivity contribution in [3.63, 3.8) is 0 Å². The van der Waals surface area contributed by atoms with Crippen LogP contribution in [0.5, 0.6) is 0 Å². The maximum atomic E-state index is 6.27. The lowest BCUT2D eigenvalue weighted by atomic mass is 10.1. The minimum Gasteiger partial charge on any atom is -0.349 e. The SMILES string of the molecule is Cc1ccccc1Cn1cc2c(c1)C(N)CCCC2. The highest BCUT2D eigenvalue weighted by molar-refractivity contribution is 5.31. The molecule has 1 aromatic heterocycles. The molecule has 100 valence electrons. The van der Waals surface area contributed by atoms with Gasteiger partial charge in [0, 0.05) is 25.0 Å². The lowest BCUT2D eigenvalue weighted by Crippen LogP contribution is -2.09. The summed E-state index contributed by atoms with van der Waals surface area (Å²) >= 11 is 0. The van der Waals surface area contributed by atoms with Crippen LogP contribution in [0.4, 0.5) is 0 Å². The molecule has 2 N–H and O–H groups in total. The van der Waals surface area contributed by atoms with Crippen LogP contribution in [0.15, 0.2) is 36.7 Å². The van der Waals surface area contributed by atoms with Gasteiger partial charge in [0.1, 0.15) is 0 Å². The molecule has 2 heteroatoms. The van der Waals surface area contributed by atoms with Gasteiger partial charge in [-0.15, -0.1) is 0 Å². The predicted octanol–water partition coefficient (Wildman–Crippen LogP) is 3.57. The second kappa shape index (κ2) is 5.22. The molecular weight excluding hydrogens is 232 g/mol. The van der Waals surface area contributed by atoms with Crippen LogP contribution in [0.1, 0.15) is 47.6 Å². The lowest BCUT2D eigenvalue weighted by molar-refractivity contribution is 0.610. The van der Waals surface area contributed by atoms with Crippen molar-refractivity contribution in [3.8, 4) is 0 Å². The Kier molecular flexibility index (Phi) is 3.43. The van der Waals surface area contributed by atoms with Gasteiger partial charge in [-0.05, 0) is 48.4 Å². The van der Waals surface area contributed by atoms with Gasteiger partial charge in [0.15, 0.2) is 0 Å². The number of rotatable bonds is 2. The number of hydrogen-bond donors (Lipinski definition) is 1. The fourth-order valence-electron chi connectivity index (χ4n) is 3.03. The Morgan fingerprint density at radius 2 is 2.05 bits per heavy atom. The summed E-state index contributed by atoms with van der Waals surface area (Å²) in [4.78, 5) is 0. The molecule has 2 aromatic rings. The third-order valence-electron chi connectivity index (χ3n) is 4.22. The number of fused-ring (bicyclic) bond motifs is 1. The summed E-state index contributed by atoms with van der Waals surface area (Å²) in [6.45, 7) is 3.13. The summed E-state index contributed by atoms with van der Waals surface area (Å²) < 4.78 is 2.30. The van der Waals surface area contributed by atoms with Crippen molar-refractivity contribution < 1.29 is 0 Å². The van der Waals surface area contributed by atoms with E-state index in [1.807, 2.05) is 0 Å². The molecule has 1 atom stereocenters. The van der Waals surface area contributed by atoms with Crippen LogP contribution in [0.3, 0.4) is 0 Å². The van der Waals surface area contributed by atoms with E-state index < -0.39 is 0 Å². The average molecular weight is 254 g/mol. The molecule has 0 fully saturated rings. The molecule has 0 spiro atoms. The van der Waals surface area contributed by atoms with Gasteiger partial charge in [0.2, 0.25) is 0 Å². The molecule has 0 saturated carbocycles. The zero-order valence-corrected chi connectivity index (χ0v) is 11.6. The van der Waals surface area contributed by atoms with Crippen molar-refractivity contribution in [1.82, 2.24) is 4.57 Å². The van der Waals surface area contributed by atoms with Gasteiger partial charge < -0.3 is 10.3 Å². The third-order valence-corrected chi connectivity index (χ3v) is 4.22. The predicted molar refractivity (Wildman–Crippen MR) is 79.2 cm³/mol. The Labute approximate surface area is 115 Å². The first-order chi connectivity index (χ1) is 9.24. The van der Waals surface area contributed by atoms with Crippen LogP contribution in [0, 0.1) is 6.92 Å². The Bertz CT molecular complexity index is 568. The van der Waals surface area contributed by atoms with Gasteiger partial charge in [0.25, 0.3) is 0 Å². The molecule has 0 amide bonds. The summed E-state index contributed by atoms with van der Waals surface area (Å²) in [5, 5.41) is 0. The van der Waals surface area contributed by atoms with Crippen molar-refractivity contribution in [2.75, 3.05) is 0 Å². The second-order valence-corrected chi connectivity index (χ2v) is 5.69. The molecule has 1 aromatic carbocycles. The molecule has 1 aliphatic carbocycles. The topological polar surface area (TPSA) is 30.9 Å². The normalized spacial score (nSPS) is 18.9. The molecule has 0 radical (unpaired) electrons. The highest BCUT2D eigenvalue weighted by atomic mass is 14.9. The minimum atomic E-state index is 0.232. The largest absolute Gasteiger partial charge is 0.349 e. The number of aromatic nitrogens is 1. The highest BCUT2D eigenvalue weighted by Crippen LogP contribution is 2.28. The first kappa shape index (κ1) is 12.5. The van der Waals surface area contributed by atoms with Gasteiger partial charge in [-0.1, -0.05) is 30.7 Å². The van der Waals surface area contributed by atoms with Crippen LogP contribution >= 0.6 is 0 Å². The van der Waals surface area contributed by atoms with Crippen molar-refractivity contribution in [1.29, 1.82) is 0 Å². The number of aryl methyl sites for hydroxylation is 2. The molecule has 3 rings (SSSR count). The molecule has 0 aliphatic heterocycles. The summed E-state index contributed by atoms with van der Waals surface area (Å²) in [6, 6.07) is 8.83. The standard InChI is InChI=1S/C17H22N2/c1-13-6-2-3-7-14(13)10-19-11-15-8-4-5-9-17(18)16(15)12-19/h2-3,6-7,11-12,17H,4-5,8-10,18H2,1H3. The summed E-state index contributed by atoms with van der Waals surface area (Å²) in [6.07, 6.45) is 9.40. The molecular formula is C17H22N2. The summed E-state index contributed by atoms with van der Waals surface area (Å²) in [5.74, 6) is 0. The van der Waals surface area contributed by atoms with E-state index in [1.54, 1.807) is 0 Å². The number of nitrogens with zero attached hydrogens (tertiary/aromatic N) is 1. The number of nitrogens with two attached hydrogens (primary N) is 1. The smallest absolute Gasteiger partial charge is 0.0473 e. The first-order valence-corrected chi connectivity index (χ1v) is 7.22. The maximum absolute atomic E-state index is 6.27. The number of hydrogen-bond acceptors (Lipinski definition) is 1. The van der Waals surface area contributed by atoms with Crippen molar-refractivity contribution in [3.05, 3.63) is 58.9 Å². The quantitative estimate of drug-likeness (QED) is 0.816. The van der Waals surface area contributed by atoms with E-state index in [0.717, 1.165) is 13.0 Å². The van der Waals surface area contributed by atoms with Crippen molar-refractivity contribution in [2.24, 2.45) is 5.73 Å². The number of benzene rings is 1. The van der Waals surface area contributed by atoms with Crippen LogP contribution in [0.2, 0.25) is 0 Å². The molecule has 1 heterocycles. The fourth-order valence-corrected chi connectivity index (χ4v) is 3.03. The van der Waals surface area contributed by atoms with Crippen LogP contribution in [-0.2, 0) is 13.0 Å². The zero-order valence-electron chi connectivity index (χ0n) is 11.6. The highest BCUT2D eigenvalue weighted by Gasteiger charge is 2.17. The maximum Gasteiger partial charge on any atom is 0.0473 e. The molecule has 1 aliphatic rings. The zero-order chi connectivity index (χ0) is 13.2. The van der Waals surface area contributed by atoms with Crippen LogP contribution in [0.25, 0.3) is 0 Å². The molecule has 19 heavy (non-hydrogen) atoms. The average Bonchev–Trinajstić information content (AvgIpc) is 2.73. The molecule has 1 unspecified atom stereocenters. The van der Waals surface area contributed by atoms with Gasteiger partial charge in [-0.25, -0.2) is 0 Å². The second-order valence-electron chi connectivity index (χ2n) is 5.69. The van der Waals surface area contributed by atoms with Gasteiger partial charge in [-0.3, -0.25) is 0 Å². The Balaban J connectivity index is 1.87. The van der Waals surface area contributed by atoms with Gasteiger partial charge in [0.05, 0.1) is 0 Å². The van der Waals surface area contributed by atoms with Gasteiger partial charge in [-0.2, -0.15) is 0 Å². The van der Waals surface area contributed by atoms with E-state index in [4.69, 9.17) is 5.73 Å². The summed E-state index contributed by atoms with van der Waals surface area (Å²) in [7, 11) is 0. The van der Waals surface area contributed by atoms with Gasteiger partial charge >= 0.3 is 0 Å². The first-order valence-electron chi connectivity index (χ1n) is 7.22. The van der Waals surface area contributed by atoms with E-state index >= 15 is 0 Å². The molecule has 2 nitrogen and oxygen atoms in total. The van der Waals surface area contributed by atoms with E-state index in [1.165, 1.54) is 41.5 Å². The fraction of sp³-hybridized carbons (Fsp3) is 0.412. The Morgan fingerprint density at radius 1 is 1.21 bits per heavy atom. The van der Waals surface area contributed by atoms with E-state index in [2.05, 4.69) is 48.1 Å². The molecule has 0 saturated heterocycles. The van der Waals surface area contributed by atoms with Crippen molar-refractivity contribution in [2.45, 2.75) is 45.2 Å². The monoisotopic (exact) mass is 254 g/mol. The van der Waals surface area contributed by atoms with Crippen LogP contribution in [-0.4, -0.2) is 4.57 Å². The molecule has 0 bridgehead atoms. The Morgan fingerprint density at radius 3 is 2.89 bits per heavy atom. The van der Waals surface area contributed by atoms with Crippen LogP contribution < -0.4 is 5.73 Å². The third kappa shape index (κ3) is 2.59. The summed E-state index contributed by atoms with van der Waals surface area (Å²) in [5.41, 5.74) is 11.8. The lowest BCUT2D eigenvalue weighted by Gasteiger charge is -2.08. The van der Waals surface area contributed by atoms with E-state index in [-0.39, 0.29) is 6.04 Å². The van der Waals surface area contributed by atoms with Crippen molar-refractivity contribution >= 4 is 0 Å².